The van der Waals surface area contributed by atoms with Gasteiger partial charge in [0.15, 0.2) is 0 Å². The van der Waals surface area contributed by atoms with E-state index in [4.69, 9.17) is 0 Å². The molecule has 0 aromatic heterocycles. The van der Waals surface area contributed by atoms with E-state index in [1.807, 2.05) is 0 Å². The molecular formula is C78H128N2. The summed E-state index contributed by atoms with van der Waals surface area (Å²) in [5.74, 6) is 18.5. The maximum Gasteiger partial charge on any atom is 0.0132 e. The predicted octanol–water partition coefficient (Wildman–Crippen LogP) is 21.7. The Morgan fingerprint density at radius 3 is 0.800 bits per heavy atom. The zero-order valence-electron chi connectivity index (χ0n) is 52.4. The maximum atomic E-state index is 3.43. The van der Waals surface area contributed by atoms with Crippen LogP contribution in [0, 0.1) is 107 Å². The molecule has 14 aliphatic carbocycles. The summed E-state index contributed by atoms with van der Waals surface area (Å²) < 4.78 is 0. The van der Waals surface area contributed by atoms with Gasteiger partial charge in [-0.25, -0.2) is 0 Å². The molecule has 0 radical (unpaired) electrons. The summed E-state index contributed by atoms with van der Waals surface area (Å²) in [6.07, 6.45) is 88.2. The Bertz CT molecular complexity index is 1780. The van der Waals surface area contributed by atoms with Gasteiger partial charge in [-0.2, -0.15) is 0 Å². The van der Waals surface area contributed by atoms with Crippen molar-refractivity contribution in [3.05, 3.63) is 24.3 Å². The predicted molar refractivity (Wildman–Crippen MR) is 338 cm³/mol. The molecule has 14 saturated carbocycles. The first-order chi connectivity index (χ1) is 39.7. The highest BCUT2D eigenvalue weighted by molar-refractivity contribution is 5.08. The zero-order valence-corrected chi connectivity index (χ0v) is 52.4. The van der Waals surface area contributed by atoms with Crippen LogP contribution in [-0.4, -0.2) is 46.1 Å². The molecule has 14 rings (SSSR count). The van der Waals surface area contributed by atoms with Crippen molar-refractivity contribution < 1.29 is 0 Å². The number of hydrogen-bond acceptors (Lipinski definition) is 2. The van der Waals surface area contributed by atoms with Crippen LogP contribution in [0.3, 0.4) is 0 Å². The molecular weight excluding hydrogens is 965 g/mol. The summed E-state index contributed by atoms with van der Waals surface area (Å²) in [7, 11) is 0. The molecule has 14 unspecified atom stereocenters. The SMILES string of the molecule is C(=CC1CCC(N(C2CCC(C3CC4C5CCCCC5C(C5CCC(N(C6CCC(C=CC7CCCCC7)CC6)C6CCCC7CCCCC76)CC5)CC4C4CCCCC34)CC2)C2CCCC3CCCCC32)CC1)C1CCCCC1. The summed E-state index contributed by atoms with van der Waals surface area (Å²) >= 11 is 0. The molecule has 0 aliphatic heterocycles. The Hall–Kier alpha value is -0.600. The third-order valence-electron chi connectivity index (χ3n) is 29.9. The van der Waals surface area contributed by atoms with Gasteiger partial charge in [0, 0.05) is 36.3 Å². The van der Waals surface area contributed by atoms with Gasteiger partial charge in [0.1, 0.15) is 0 Å². The molecule has 0 aromatic rings. The highest BCUT2D eigenvalue weighted by Crippen LogP contribution is 2.64. The normalized spacial score (nSPS) is 47.5. The molecule has 450 valence electrons. The molecule has 14 aliphatic rings. The number of hydrogen-bond donors (Lipinski definition) is 0. The Labute approximate surface area is 495 Å². The van der Waals surface area contributed by atoms with Gasteiger partial charge in [-0.3, -0.25) is 9.80 Å². The minimum absolute atomic E-state index is 0.872. The summed E-state index contributed by atoms with van der Waals surface area (Å²) in [6, 6.07) is 5.41. The van der Waals surface area contributed by atoms with E-state index >= 15 is 0 Å². The fraction of sp³-hybridized carbons (Fsp3) is 0.949. The average Bonchev–Trinajstić information content (AvgIpc) is 3.67. The van der Waals surface area contributed by atoms with E-state index in [0.29, 0.717) is 0 Å². The molecule has 0 heterocycles. The maximum absolute atomic E-state index is 3.43. The monoisotopic (exact) mass is 1090 g/mol. The van der Waals surface area contributed by atoms with Gasteiger partial charge in [-0.1, -0.05) is 153 Å². The lowest BCUT2D eigenvalue weighted by Crippen LogP contribution is -2.57. The van der Waals surface area contributed by atoms with E-state index in [1.165, 1.54) is 154 Å². The third kappa shape index (κ3) is 12.6. The van der Waals surface area contributed by atoms with Gasteiger partial charge in [-0.05, 0) is 299 Å². The van der Waals surface area contributed by atoms with Crippen LogP contribution in [0.2, 0.25) is 0 Å². The van der Waals surface area contributed by atoms with Crippen molar-refractivity contribution in [2.45, 2.75) is 357 Å². The highest BCUT2D eigenvalue weighted by Gasteiger charge is 2.57. The van der Waals surface area contributed by atoms with Crippen molar-refractivity contribution in [2.24, 2.45) is 107 Å². The molecule has 0 amide bonds. The van der Waals surface area contributed by atoms with Crippen molar-refractivity contribution in [3.63, 3.8) is 0 Å². The van der Waals surface area contributed by atoms with Crippen LogP contribution < -0.4 is 0 Å². The van der Waals surface area contributed by atoms with Crippen LogP contribution in [0.4, 0.5) is 0 Å². The summed E-state index contributed by atoms with van der Waals surface area (Å²) in [5.41, 5.74) is 0. The van der Waals surface area contributed by atoms with Crippen LogP contribution >= 0.6 is 0 Å². The molecule has 0 saturated heterocycles. The van der Waals surface area contributed by atoms with E-state index in [0.717, 1.165) is 143 Å². The molecule has 2 nitrogen and oxygen atoms in total. The van der Waals surface area contributed by atoms with Gasteiger partial charge in [0.2, 0.25) is 0 Å². The second-order valence-corrected chi connectivity index (χ2v) is 33.5. The molecule has 0 N–H and O–H groups in total. The van der Waals surface area contributed by atoms with Gasteiger partial charge < -0.3 is 0 Å². The molecule has 14 fully saturated rings. The van der Waals surface area contributed by atoms with Crippen molar-refractivity contribution in [1.29, 1.82) is 0 Å². The first-order valence-corrected chi connectivity index (χ1v) is 38.6. The summed E-state index contributed by atoms with van der Waals surface area (Å²) in [4.78, 5) is 6.87. The van der Waals surface area contributed by atoms with Crippen LogP contribution in [0.25, 0.3) is 0 Å². The smallest absolute Gasteiger partial charge is 0.0132 e. The number of fused-ring (bicyclic) bond motifs is 7. The minimum atomic E-state index is 0.872. The standard InChI is InChI=1S/C78H128N2/c1-3-17-55(18-4-1)33-35-57-37-45-63(46-38-57)79(77-31-15-23-59-21-7-9-25-67(59)77)65-49-41-61(42-50-65)73-53-75-72-30-14-12-28-70(72)74(54-76(75)71-29-13-11-27-69(71)73)62-43-51-66(52-44-62)80(78-32-16-24-60-22-8-10-26-68(60)78)64-47-39-58(40-48-64)36-34-56-19-5-2-6-20-56/h33-36,55-78H,1-32,37-54H2. The van der Waals surface area contributed by atoms with E-state index in [9.17, 15) is 0 Å². The fourth-order valence-corrected chi connectivity index (χ4v) is 26.3. The Balaban J connectivity index is 0.639. The summed E-state index contributed by atoms with van der Waals surface area (Å²) in [5, 5.41) is 0. The van der Waals surface area contributed by atoms with E-state index in [-0.39, 0.29) is 0 Å². The van der Waals surface area contributed by atoms with Gasteiger partial charge >= 0.3 is 0 Å². The lowest BCUT2D eigenvalue weighted by molar-refractivity contribution is -0.122. The minimum Gasteiger partial charge on any atom is -0.294 e. The van der Waals surface area contributed by atoms with Crippen LogP contribution in [0.5, 0.6) is 0 Å². The average molecular weight is 1090 g/mol. The van der Waals surface area contributed by atoms with Gasteiger partial charge in [-0.15, -0.1) is 0 Å². The Morgan fingerprint density at radius 2 is 0.438 bits per heavy atom. The fourth-order valence-electron chi connectivity index (χ4n) is 26.3. The summed E-state index contributed by atoms with van der Waals surface area (Å²) in [6.45, 7) is 0. The van der Waals surface area contributed by atoms with Crippen LogP contribution in [-0.2, 0) is 0 Å². The number of rotatable bonds is 12. The molecule has 80 heavy (non-hydrogen) atoms. The first-order valence-electron chi connectivity index (χ1n) is 38.6. The van der Waals surface area contributed by atoms with E-state index in [1.54, 1.807) is 167 Å². The molecule has 0 spiro atoms. The third-order valence-corrected chi connectivity index (χ3v) is 29.9. The molecule has 0 aromatic carbocycles. The zero-order chi connectivity index (χ0) is 53.2. The van der Waals surface area contributed by atoms with Crippen molar-refractivity contribution in [2.75, 3.05) is 0 Å². The lowest BCUT2D eigenvalue weighted by atomic mass is 9.44. The Morgan fingerprint density at radius 1 is 0.175 bits per heavy atom. The first kappa shape index (κ1) is 57.2. The second-order valence-electron chi connectivity index (χ2n) is 33.5. The molecule has 0 bridgehead atoms. The van der Waals surface area contributed by atoms with Crippen LogP contribution in [0.1, 0.15) is 321 Å². The Kier molecular flexibility index (Phi) is 19.4. The van der Waals surface area contributed by atoms with Gasteiger partial charge in [0.25, 0.3) is 0 Å². The quantitative estimate of drug-likeness (QED) is 0.180. The van der Waals surface area contributed by atoms with Gasteiger partial charge in [0.05, 0.1) is 0 Å². The van der Waals surface area contributed by atoms with E-state index in [2.05, 4.69) is 34.1 Å². The van der Waals surface area contributed by atoms with Crippen molar-refractivity contribution >= 4 is 0 Å². The largest absolute Gasteiger partial charge is 0.294 e. The van der Waals surface area contributed by atoms with Crippen molar-refractivity contribution in [3.8, 4) is 0 Å². The van der Waals surface area contributed by atoms with E-state index < -0.39 is 0 Å². The van der Waals surface area contributed by atoms with Crippen LogP contribution in [0.15, 0.2) is 24.3 Å². The number of nitrogens with zero attached hydrogens (tertiary/aromatic N) is 2. The lowest BCUT2D eigenvalue weighted by Gasteiger charge is -2.61. The van der Waals surface area contributed by atoms with Crippen molar-refractivity contribution in [1.82, 2.24) is 9.80 Å². The topological polar surface area (TPSA) is 6.48 Å². The second kappa shape index (κ2) is 27.2. The molecule has 2 heteroatoms. The molecule has 14 atom stereocenters. The number of allylic oxidation sites excluding steroid dienone is 4. The highest BCUT2D eigenvalue weighted by atomic mass is 15.2.